The molecule has 2 atom stereocenters. The Balaban J connectivity index is 1.88. The molecule has 6 nitrogen and oxygen atoms in total. The predicted molar refractivity (Wildman–Crippen MR) is 134 cm³/mol. The molecule has 0 bridgehead atoms. The molecule has 1 aliphatic rings. The maximum Gasteiger partial charge on any atom is 0.188 e. The van der Waals surface area contributed by atoms with Crippen LogP contribution in [0, 0.1) is 0 Å². The van der Waals surface area contributed by atoms with Crippen LogP contribution in [0.2, 0.25) is 0 Å². The monoisotopic (exact) mass is 476 g/mol. The Labute approximate surface area is 199 Å². The maximum atomic E-state index is 10.2. The second-order valence-electron chi connectivity index (χ2n) is 10.0. The smallest absolute Gasteiger partial charge is 0.188 e. The number of hydrogen-bond acceptors (Lipinski definition) is 5. The van der Waals surface area contributed by atoms with Crippen molar-refractivity contribution in [1.29, 1.82) is 0 Å². The van der Waals surface area contributed by atoms with Crippen LogP contribution in [0.15, 0.2) is 12.0 Å². The van der Waals surface area contributed by atoms with Crippen LogP contribution in [0.4, 0.5) is 0 Å². The summed E-state index contributed by atoms with van der Waals surface area (Å²) in [7, 11) is 7.72. The third-order valence-corrected chi connectivity index (χ3v) is 7.50. The summed E-state index contributed by atoms with van der Waals surface area (Å²) in [5.74, 6) is 0.802. The minimum Gasteiger partial charge on any atom is -0.492 e. The average Bonchev–Trinajstić information content (AvgIpc) is 2.76. The molecule has 0 spiro atoms. The van der Waals surface area contributed by atoms with Gasteiger partial charge in [-0.1, -0.05) is 44.9 Å². The van der Waals surface area contributed by atoms with Crippen LogP contribution in [-0.4, -0.2) is 82.6 Å². The van der Waals surface area contributed by atoms with Crippen molar-refractivity contribution < 1.29 is 28.3 Å². The summed E-state index contributed by atoms with van der Waals surface area (Å²) in [6.45, 7) is 2.76. The van der Waals surface area contributed by atoms with Gasteiger partial charge < -0.3 is 28.3 Å². The van der Waals surface area contributed by atoms with E-state index in [-0.39, 0.29) is 0 Å². The second kappa shape index (κ2) is 19.0. The fraction of sp³-hybridized carbons (Fsp3) is 0.920. The van der Waals surface area contributed by atoms with Gasteiger partial charge in [-0.15, -0.1) is 0 Å². The fourth-order valence-corrected chi connectivity index (χ4v) is 5.19. The quantitative estimate of drug-likeness (QED) is 0.132. The first-order chi connectivity index (χ1) is 15.4. The SMILES string of the molecule is COC(CCCCCCCCCOC1=COCOC1)CCCCP(O)CCC[N+](C)(C)C. The van der Waals surface area contributed by atoms with Gasteiger partial charge in [-0.2, -0.15) is 0 Å². The predicted octanol–water partition coefficient (Wildman–Crippen LogP) is 5.64. The Kier molecular flexibility index (Phi) is 17.6. The highest BCUT2D eigenvalue weighted by Gasteiger charge is 2.11. The lowest BCUT2D eigenvalue weighted by atomic mass is 10.0. The van der Waals surface area contributed by atoms with E-state index in [2.05, 4.69) is 21.1 Å². The summed E-state index contributed by atoms with van der Waals surface area (Å²) in [4.78, 5) is 10.2. The summed E-state index contributed by atoms with van der Waals surface area (Å²) in [6.07, 6.45) is 18.5. The van der Waals surface area contributed by atoms with Crippen molar-refractivity contribution in [3.8, 4) is 0 Å². The summed E-state index contributed by atoms with van der Waals surface area (Å²) >= 11 is 0. The largest absolute Gasteiger partial charge is 0.492 e. The van der Waals surface area contributed by atoms with E-state index < -0.39 is 8.15 Å². The molecule has 0 aliphatic carbocycles. The van der Waals surface area contributed by atoms with Crippen molar-refractivity contribution >= 4 is 8.15 Å². The molecule has 1 N–H and O–H groups in total. The van der Waals surface area contributed by atoms with E-state index in [0.29, 0.717) is 19.5 Å². The van der Waals surface area contributed by atoms with E-state index in [1.54, 1.807) is 6.26 Å². The molecular weight excluding hydrogens is 425 g/mol. The number of unbranched alkanes of at least 4 members (excludes halogenated alkanes) is 7. The molecular formula is C25H51NO5P+. The molecule has 190 valence electrons. The van der Waals surface area contributed by atoms with Crippen LogP contribution in [0.5, 0.6) is 0 Å². The summed E-state index contributed by atoms with van der Waals surface area (Å²) in [5.41, 5.74) is 0. The van der Waals surface area contributed by atoms with E-state index >= 15 is 0 Å². The van der Waals surface area contributed by atoms with Gasteiger partial charge in [0.2, 0.25) is 0 Å². The minimum atomic E-state index is -0.769. The Hall–Kier alpha value is -0.390. The normalized spacial score (nSPS) is 16.3. The van der Waals surface area contributed by atoms with Gasteiger partial charge >= 0.3 is 0 Å². The first-order valence-corrected chi connectivity index (χ1v) is 14.4. The van der Waals surface area contributed by atoms with Crippen LogP contribution < -0.4 is 0 Å². The van der Waals surface area contributed by atoms with Crippen molar-refractivity contribution in [2.24, 2.45) is 0 Å². The zero-order valence-electron chi connectivity index (χ0n) is 21.4. The summed E-state index contributed by atoms with van der Waals surface area (Å²) < 4.78 is 22.5. The number of ether oxygens (including phenoxy) is 4. The number of rotatable bonds is 21. The second-order valence-corrected chi connectivity index (χ2v) is 11.9. The first-order valence-electron chi connectivity index (χ1n) is 12.7. The molecule has 1 aliphatic heterocycles. The Bertz CT molecular complexity index is 470. The molecule has 0 radical (unpaired) electrons. The van der Waals surface area contributed by atoms with Crippen LogP contribution in [0.1, 0.15) is 77.0 Å². The van der Waals surface area contributed by atoms with Crippen molar-refractivity contribution in [2.75, 3.05) is 67.1 Å². The maximum absolute atomic E-state index is 10.2. The number of methoxy groups -OCH3 is 1. The van der Waals surface area contributed by atoms with Crippen LogP contribution in [0.25, 0.3) is 0 Å². The van der Waals surface area contributed by atoms with E-state index in [0.717, 1.165) is 61.4 Å². The van der Waals surface area contributed by atoms with E-state index in [4.69, 9.17) is 18.9 Å². The third kappa shape index (κ3) is 18.1. The molecule has 32 heavy (non-hydrogen) atoms. The molecule has 0 aromatic carbocycles. The van der Waals surface area contributed by atoms with E-state index in [9.17, 15) is 4.89 Å². The van der Waals surface area contributed by atoms with Crippen LogP contribution in [0.3, 0.4) is 0 Å². The van der Waals surface area contributed by atoms with Gasteiger partial charge in [-0.05, 0) is 38.0 Å². The molecule has 0 aromatic rings. The van der Waals surface area contributed by atoms with Crippen LogP contribution in [-0.2, 0) is 18.9 Å². The topological polar surface area (TPSA) is 57.2 Å². The molecule has 0 fully saturated rings. The zero-order valence-corrected chi connectivity index (χ0v) is 22.3. The van der Waals surface area contributed by atoms with Gasteiger partial charge in [0.25, 0.3) is 0 Å². The average molecular weight is 477 g/mol. The Morgan fingerprint density at radius 1 is 0.938 bits per heavy atom. The summed E-state index contributed by atoms with van der Waals surface area (Å²) in [5, 5.41) is 0. The van der Waals surface area contributed by atoms with Gasteiger partial charge in [0, 0.05) is 21.7 Å². The van der Waals surface area contributed by atoms with Crippen molar-refractivity contribution in [3.63, 3.8) is 0 Å². The molecule has 0 saturated heterocycles. The molecule has 1 rings (SSSR count). The zero-order chi connectivity index (χ0) is 23.5. The van der Waals surface area contributed by atoms with Crippen molar-refractivity contribution in [2.45, 2.75) is 83.2 Å². The highest BCUT2D eigenvalue weighted by atomic mass is 31.1. The molecule has 1 heterocycles. The van der Waals surface area contributed by atoms with E-state index in [1.807, 2.05) is 7.11 Å². The number of hydrogen-bond donors (Lipinski definition) is 1. The molecule has 0 aromatic heterocycles. The highest BCUT2D eigenvalue weighted by molar-refractivity contribution is 7.51. The Morgan fingerprint density at radius 2 is 1.56 bits per heavy atom. The van der Waals surface area contributed by atoms with Gasteiger partial charge in [0.15, 0.2) is 12.6 Å². The fourth-order valence-electron chi connectivity index (χ4n) is 3.87. The van der Waals surface area contributed by atoms with Crippen molar-refractivity contribution in [3.05, 3.63) is 12.0 Å². The van der Waals surface area contributed by atoms with E-state index in [1.165, 1.54) is 51.4 Å². The lowest BCUT2D eigenvalue weighted by molar-refractivity contribution is -0.870. The standard InChI is InChI=1S/C25H51NO5P/c1-26(2,3)17-14-20-32(27)19-13-11-16-24(28-4)15-10-8-6-5-7-9-12-18-31-25-21-29-23-30-22-25/h21,24,27H,5-20,22-23H2,1-4H3/q+1. The van der Waals surface area contributed by atoms with Crippen LogP contribution >= 0.6 is 8.15 Å². The lowest BCUT2D eigenvalue weighted by Crippen LogP contribution is -2.35. The molecule has 0 amide bonds. The molecule has 7 heteroatoms. The van der Waals surface area contributed by atoms with Gasteiger partial charge in [-0.3, -0.25) is 0 Å². The molecule has 0 saturated carbocycles. The van der Waals surface area contributed by atoms with Gasteiger partial charge in [0.05, 0.1) is 40.4 Å². The van der Waals surface area contributed by atoms with Gasteiger partial charge in [0.1, 0.15) is 12.9 Å². The molecule has 2 unspecified atom stereocenters. The summed E-state index contributed by atoms with van der Waals surface area (Å²) in [6, 6.07) is 0. The minimum absolute atomic E-state index is 0.334. The Morgan fingerprint density at radius 3 is 2.19 bits per heavy atom. The highest BCUT2D eigenvalue weighted by Crippen LogP contribution is 2.32. The number of quaternary nitrogens is 1. The number of nitrogens with zero attached hydrogens (tertiary/aromatic N) is 1. The first kappa shape index (κ1) is 29.6. The lowest BCUT2D eigenvalue weighted by Gasteiger charge is -2.24. The third-order valence-electron chi connectivity index (χ3n) is 5.84. The van der Waals surface area contributed by atoms with Gasteiger partial charge in [-0.25, -0.2) is 0 Å². The van der Waals surface area contributed by atoms with Crippen molar-refractivity contribution in [1.82, 2.24) is 0 Å².